The molecule has 0 bridgehead atoms. The second-order valence-corrected chi connectivity index (χ2v) is 4.62. The van der Waals surface area contributed by atoms with Crippen molar-refractivity contribution in [3.8, 4) is 0 Å². The van der Waals surface area contributed by atoms with Gasteiger partial charge in [0.15, 0.2) is 5.11 Å². The second kappa shape index (κ2) is 8.43. The first-order valence-corrected chi connectivity index (χ1v) is 6.84. The number of anilines is 1. The summed E-state index contributed by atoms with van der Waals surface area (Å²) in [5.41, 5.74) is 2.03. The van der Waals surface area contributed by atoms with E-state index in [2.05, 4.69) is 35.2 Å². The molecule has 0 aliphatic carbocycles. The summed E-state index contributed by atoms with van der Waals surface area (Å²) in [5, 5.41) is 7.01. The van der Waals surface area contributed by atoms with Crippen LogP contribution in [0.15, 0.2) is 48.8 Å². The molecule has 3 nitrogen and oxygen atoms in total. The van der Waals surface area contributed by atoms with Gasteiger partial charge in [0.05, 0.1) is 17.9 Å². The van der Waals surface area contributed by atoms with Crippen LogP contribution in [0.1, 0.15) is 26.7 Å². The predicted molar refractivity (Wildman–Crippen MR) is 86.2 cm³/mol. The summed E-state index contributed by atoms with van der Waals surface area (Å²) in [6.07, 6.45) is 9.45. The normalized spacial score (nSPS) is 12.1. The molecule has 1 aromatic rings. The van der Waals surface area contributed by atoms with E-state index in [1.165, 1.54) is 0 Å². The van der Waals surface area contributed by atoms with Gasteiger partial charge in [0.25, 0.3) is 0 Å². The van der Waals surface area contributed by atoms with E-state index in [1.54, 1.807) is 12.4 Å². The summed E-state index contributed by atoms with van der Waals surface area (Å²) in [6.45, 7) is 8.20. The summed E-state index contributed by atoms with van der Waals surface area (Å²) >= 11 is 5.31. The van der Waals surface area contributed by atoms with Gasteiger partial charge in [-0.3, -0.25) is 4.98 Å². The lowest BCUT2D eigenvalue weighted by molar-refractivity contribution is 0.684. The maximum absolute atomic E-state index is 5.31. The highest BCUT2D eigenvalue weighted by Gasteiger charge is 2.11. The molecular weight excluding hydrogens is 254 g/mol. The van der Waals surface area contributed by atoms with Crippen LogP contribution in [-0.4, -0.2) is 16.1 Å². The number of aromatic nitrogens is 1. The van der Waals surface area contributed by atoms with Crippen LogP contribution < -0.4 is 10.6 Å². The molecule has 0 aliphatic rings. The minimum atomic E-state index is 0.165. The molecule has 1 unspecified atom stereocenters. The molecule has 1 heterocycles. The number of pyridine rings is 1. The molecule has 1 atom stereocenters. The van der Waals surface area contributed by atoms with E-state index in [0.29, 0.717) is 5.11 Å². The monoisotopic (exact) mass is 275 g/mol. The first-order chi connectivity index (χ1) is 9.17. The van der Waals surface area contributed by atoms with Crippen LogP contribution in [0.2, 0.25) is 0 Å². The lowest BCUT2D eigenvalue weighted by Crippen LogP contribution is -2.38. The van der Waals surface area contributed by atoms with Crippen LogP contribution in [-0.2, 0) is 0 Å². The average Bonchev–Trinajstić information content (AvgIpc) is 2.43. The van der Waals surface area contributed by atoms with Crippen molar-refractivity contribution in [1.29, 1.82) is 0 Å². The Morgan fingerprint density at radius 3 is 2.95 bits per heavy atom. The first-order valence-electron chi connectivity index (χ1n) is 6.43. The molecular formula is C15H21N3S. The summed E-state index contributed by atoms with van der Waals surface area (Å²) < 4.78 is 0. The molecule has 0 aliphatic heterocycles. The number of nitrogens with zero attached hydrogens (tertiary/aromatic N) is 1. The van der Waals surface area contributed by atoms with E-state index in [-0.39, 0.29) is 6.04 Å². The lowest BCUT2D eigenvalue weighted by Gasteiger charge is -2.21. The molecule has 19 heavy (non-hydrogen) atoms. The van der Waals surface area contributed by atoms with Crippen molar-refractivity contribution < 1.29 is 0 Å². The van der Waals surface area contributed by atoms with E-state index < -0.39 is 0 Å². The van der Waals surface area contributed by atoms with Crippen LogP contribution in [0.4, 0.5) is 5.69 Å². The minimum absolute atomic E-state index is 0.165. The average molecular weight is 275 g/mol. The quantitative estimate of drug-likeness (QED) is 0.613. The molecule has 0 saturated heterocycles. The van der Waals surface area contributed by atoms with Gasteiger partial charge in [-0.25, -0.2) is 0 Å². The summed E-state index contributed by atoms with van der Waals surface area (Å²) in [6, 6.07) is 3.96. The Morgan fingerprint density at radius 1 is 1.58 bits per heavy atom. The molecule has 0 spiro atoms. The van der Waals surface area contributed by atoms with Gasteiger partial charge >= 0.3 is 0 Å². The highest BCUT2D eigenvalue weighted by molar-refractivity contribution is 7.80. The molecule has 1 aromatic heterocycles. The van der Waals surface area contributed by atoms with E-state index in [4.69, 9.17) is 12.2 Å². The van der Waals surface area contributed by atoms with Crippen molar-refractivity contribution in [2.24, 2.45) is 0 Å². The van der Waals surface area contributed by atoms with E-state index >= 15 is 0 Å². The molecule has 102 valence electrons. The Hall–Kier alpha value is -1.68. The number of allylic oxidation sites excluding steroid dienone is 1. The number of hydrogen-bond acceptors (Lipinski definition) is 2. The zero-order valence-electron chi connectivity index (χ0n) is 11.5. The van der Waals surface area contributed by atoms with Gasteiger partial charge in [-0.1, -0.05) is 31.2 Å². The van der Waals surface area contributed by atoms with Crippen LogP contribution in [0.5, 0.6) is 0 Å². The SMILES string of the molecule is C=C(CC)C(CC=CC)NC(=S)Nc1cccnc1. The molecule has 2 N–H and O–H groups in total. The topological polar surface area (TPSA) is 37.0 Å². The molecule has 0 fully saturated rings. The van der Waals surface area contributed by atoms with Gasteiger partial charge in [0.1, 0.15) is 0 Å². The highest BCUT2D eigenvalue weighted by atomic mass is 32.1. The third-order valence-electron chi connectivity index (χ3n) is 2.78. The van der Waals surface area contributed by atoms with Gasteiger partial charge in [-0.2, -0.15) is 0 Å². The summed E-state index contributed by atoms with van der Waals surface area (Å²) in [7, 11) is 0. The fourth-order valence-corrected chi connectivity index (χ4v) is 1.87. The van der Waals surface area contributed by atoms with Crippen molar-refractivity contribution in [1.82, 2.24) is 10.3 Å². The number of nitrogens with one attached hydrogen (secondary N) is 2. The van der Waals surface area contributed by atoms with Gasteiger partial charge in [0, 0.05) is 6.20 Å². The smallest absolute Gasteiger partial charge is 0.171 e. The van der Waals surface area contributed by atoms with Gasteiger partial charge in [0.2, 0.25) is 0 Å². The fraction of sp³-hybridized carbons (Fsp3) is 0.333. The molecule has 0 saturated carbocycles. The van der Waals surface area contributed by atoms with Crippen molar-refractivity contribution >= 4 is 23.0 Å². The minimum Gasteiger partial charge on any atom is -0.356 e. The van der Waals surface area contributed by atoms with Crippen LogP contribution in [0.3, 0.4) is 0 Å². The molecule has 0 amide bonds. The number of rotatable bonds is 6. The maximum Gasteiger partial charge on any atom is 0.171 e. The van der Waals surface area contributed by atoms with Crippen molar-refractivity contribution in [3.63, 3.8) is 0 Å². The second-order valence-electron chi connectivity index (χ2n) is 4.21. The van der Waals surface area contributed by atoms with E-state index in [1.807, 2.05) is 25.1 Å². The molecule has 0 radical (unpaired) electrons. The summed E-state index contributed by atoms with van der Waals surface area (Å²) in [4.78, 5) is 4.04. The zero-order valence-corrected chi connectivity index (χ0v) is 12.3. The van der Waals surface area contributed by atoms with Crippen LogP contribution in [0, 0.1) is 0 Å². The molecule has 1 rings (SSSR count). The molecule has 0 aromatic carbocycles. The van der Waals surface area contributed by atoms with Gasteiger partial charge in [-0.05, 0) is 44.1 Å². The van der Waals surface area contributed by atoms with Crippen molar-refractivity contribution in [3.05, 3.63) is 48.8 Å². The largest absolute Gasteiger partial charge is 0.356 e. The first kappa shape index (κ1) is 15.4. The fourth-order valence-electron chi connectivity index (χ4n) is 1.61. The number of thiocarbonyl (C=S) groups is 1. The van der Waals surface area contributed by atoms with E-state index in [0.717, 1.165) is 24.1 Å². The van der Waals surface area contributed by atoms with Crippen LogP contribution >= 0.6 is 12.2 Å². The lowest BCUT2D eigenvalue weighted by atomic mass is 10.0. The van der Waals surface area contributed by atoms with Crippen LogP contribution in [0.25, 0.3) is 0 Å². The standard InChI is InChI=1S/C15H21N3S/c1-4-6-9-14(12(3)5-2)18-15(19)17-13-8-7-10-16-11-13/h4,6-8,10-11,14H,3,5,9H2,1-2H3,(H2,17,18,19). The van der Waals surface area contributed by atoms with Crippen molar-refractivity contribution in [2.45, 2.75) is 32.7 Å². The Bertz CT molecular complexity index is 440. The molecule has 4 heteroatoms. The highest BCUT2D eigenvalue weighted by Crippen LogP contribution is 2.10. The summed E-state index contributed by atoms with van der Waals surface area (Å²) in [5.74, 6) is 0. The Kier molecular flexibility index (Phi) is 6.82. The van der Waals surface area contributed by atoms with Gasteiger partial charge in [-0.15, -0.1) is 0 Å². The Balaban J connectivity index is 2.58. The maximum atomic E-state index is 5.31. The third kappa shape index (κ3) is 5.66. The van der Waals surface area contributed by atoms with E-state index in [9.17, 15) is 0 Å². The number of hydrogen-bond donors (Lipinski definition) is 2. The van der Waals surface area contributed by atoms with Crippen molar-refractivity contribution in [2.75, 3.05) is 5.32 Å². The van der Waals surface area contributed by atoms with Gasteiger partial charge < -0.3 is 10.6 Å². The zero-order chi connectivity index (χ0) is 14.1. The third-order valence-corrected chi connectivity index (χ3v) is 3.00. The predicted octanol–water partition coefficient (Wildman–Crippen LogP) is 3.67. The Labute approximate surface area is 120 Å². The Morgan fingerprint density at radius 2 is 2.37 bits per heavy atom.